The Morgan fingerprint density at radius 2 is 1.84 bits per heavy atom. The molecule has 3 rings (SSSR count). The SMILES string of the molecule is C=C1/C(=C\C=C2/CCC[C@]3(C)[C@@H]([C@H](C)/C=C/[C@H](C)C(C)(C)O)CC[C@@H]23)C[C@@H](O)CC1O. The lowest BCUT2D eigenvalue weighted by molar-refractivity contribution is 0.0436. The molecule has 0 spiro atoms. The second-order valence-electron chi connectivity index (χ2n) is 11.4. The highest BCUT2D eigenvalue weighted by Crippen LogP contribution is 2.59. The summed E-state index contributed by atoms with van der Waals surface area (Å²) in [5.74, 6) is 1.91. The van der Waals surface area contributed by atoms with E-state index in [-0.39, 0.29) is 5.92 Å². The second kappa shape index (κ2) is 9.37. The molecule has 3 heteroatoms. The first-order chi connectivity index (χ1) is 14.4. The highest BCUT2D eigenvalue weighted by Gasteiger charge is 2.50. The minimum Gasteiger partial charge on any atom is -0.393 e. The van der Waals surface area contributed by atoms with E-state index in [1.165, 1.54) is 31.3 Å². The summed E-state index contributed by atoms with van der Waals surface area (Å²) in [5.41, 5.74) is 2.93. The molecule has 174 valence electrons. The molecule has 31 heavy (non-hydrogen) atoms. The van der Waals surface area contributed by atoms with Crippen molar-refractivity contribution in [3.8, 4) is 0 Å². The van der Waals surface area contributed by atoms with Gasteiger partial charge in [0.1, 0.15) is 0 Å². The fourth-order valence-electron chi connectivity index (χ4n) is 6.32. The number of rotatable bonds is 5. The normalized spacial score (nSPS) is 39.3. The second-order valence-corrected chi connectivity index (χ2v) is 11.4. The molecule has 3 fully saturated rings. The first-order valence-corrected chi connectivity index (χ1v) is 12.3. The van der Waals surface area contributed by atoms with Crippen LogP contribution in [0, 0.1) is 29.1 Å². The Balaban J connectivity index is 1.76. The molecular formula is C28H44O3. The summed E-state index contributed by atoms with van der Waals surface area (Å²) < 4.78 is 0. The molecule has 0 amide bonds. The maximum Gasteiger partial charge on any atom is 0.0811 e. The summed E-state index contributed by atoms with van der Waals surface area (Å²) in [6.45, 7) is 14.7. The van der Waals surface area contributed by atoms with Gasteiger partial charge in [0.2, 0.25) is 0 Å². The number of hydrogen-bond acceptors (Lipinski definition) is 3. The van der Waals surface area contributed by atoms with Crippen LogP contribution < -0.4 is 0 Å². The van der Waals surface area contributed by atoms with E-state index in [9.17, 15) is 15.3 Å². The first-order valence-electron chi connectivity index (χ1n) is 12.3. The van der Waals surface area contributed by atoms with E-state index >= 15 is 0 Å². The van der Waals surface area contributed by atoms with Crippen molar-refractivity contribution in [1.82, 2.24) is 0 Å². The van der Waals surface area contributed by atoms with Crippen LogP contribution in [0.1, 0.15) is 79.6 Å². The van der Waals surface area contributed by atoms with E-state index < -0.39 is 17.8 Å². The molecule has 3 N–H and O–H groups in total. The van der Waals surface area contributed by atoms with Gasteiger partial charge in [0.15, 0.2) is 0 Å². The van der Waals surface area contributed by atoms with E-state index in [2.05, 4.69) is 51.7 Å². The topological polar surface area (TPSA) is 60.7 Å². The number of aliphatic hydroxyl groups is 3. The summed E-state index contributed by atoms with van der Waals surface area (Å²) in [4.78, 5) is 0. The number of fused-ring (bicyclic) bond motifs is 1. The summed E-state index contributed by atoms with van der Waals surface area (Å²) in [6, 6.07) is 0. The average molecular weight is 429 g/mol. The van der Waals surface area contributed by atoms with Crippen molar-refractivity contribution < 1.29 is 15.3 Å². The van der Waals surface area contributed by atoms with Gasteiger partial charge in [-0.15, -0.1) is 0 Å². The lowest BCUT2D eigenvalue weighted by Gasteiger charge is -2.44. The number of hydrogen-bond donors (Lipinski definition) is 3. The molecule has 0 bridgehead atoms. The van der Waals surface area contributed by atoms with Gasteiger partial charge in [-0.25, -0.2) is 0 Å². The summed E-state index contributed by atoms with van der Waals surface area (Å²) in [5, 5.41) is 30.4. The van der Waals surface area contributed by atoms with Gasteiger partial charge >= 0.3 is 0 Å². The maximum atomic E-state index is 10.3. The fourth-order valence-corrected chi connectivity index (χ4v) is 6.32. The largest absolute Gasteiger partial charge is 0.393 e. The Labute approximate surface area is 189 Å². The van der Waals surface area contributed by atoms with Crippen LogP contribution in [0.25, 0.3) is 0 Å². The van der Waals surface area contributed by atoms with Crippen LogP contribution in [0.5, 0.6) is 0 Å². The molecule has 0 aromatic rings. The van der Waals surface area contributed by atoms with Gasteiger partial charge in [0.25, 0.3) is 0 Å². The minimum absolute atomic E-state index is 0.141. The van der Waals surface area contributed by atoms with Crippen LogP contribution >= 0.6 is 0 Å². The zero-order chi connectivity index (χ0) is 23.0. The zero-order valence-corrected chi connectivity index (χ0v) is 20.3. The van der Waals surface area contributed by atoms with Crippen molar-refractivity contribution in [1.29, 1.82) is 0 Å². The fraction of sp³-hybridized carbons (Fsp3) is 0.714. The molecule has 3 saturated carbocycles. The van der Waals surface area contributed by atoms with Crippen molar-refractivity contribution in [2.24, 2.45) is 29.1 Å². The maximum absolute atomic E-state index is 10.3. The van der Waals surface area contributed by atoms with Crippen LogP contribution in [0.15, 0.2) is 47.6 Å². The Morgan fingerprint density at radius 1 is 1.13 bits per heavy atom. The van der Waals surface area contributed by atoms with E-state index in [4.69, 9.17) is 0 Å². The van der Waals surface area contributed by atoms with Gasteiger partial charge in [-0.1, -0.05) is 57.2 Å². The van der Waals surface area contributed by atoms with Crippen molar-refractivity contribution in [3.05, 3.63) is 47.6 Å². The van der Waals surface area contributed by atoms with Gasteiger partial charge in [-0.05, 0) is 86.7 Å². The van der Waals surface area contributed by atoms with Crippen LogP contribution in [-0.4, -0.2) is 33.1 Å². The van der Waals surface area contributed by atoms with Crippen molar-refractivity contribution in [2.75, 3.05) is 0 Å². The van der Waals surface area contributed by atoms with Gasteiger partial charge in [0, 0.05) is 12.3 Å². The van der Waals surface area contributed by atoms with E-state index in [0.29, 0.717) is 36.0 Å². The monoisotopic (exact) mass is 428 g/mol. The van der Waals surface area contributed by atoms with Crippen LogP contribution in [-0.2, 0) is 0 Å². The molecular weight excluding hydrogens is 384 g/mol. The number of aliphatic hydroxyl groups excluding tert-OH is 2. The molecule has 7 atom stereocenters. The molecule has 0 aromatic carbocycles. The van der Waals surface area contributed by atoms with Crippen LogP contribution in [0.3, 0.4) is 0 Å². The average Bonchev–Trinajstić information content (AvgIpc) is 3.04. The van der Waals surface area contributed by atoms with Crippen LogP contribution in [0.4, 0.5) is 0 Å². The highest BCUT2D eigenvalue weighted by molar-refractivity contribution is 5.38. The Hall–Kier alpha value is -1.16. The van der Waals surface area contributed by atoms with Gasteiger partial charge in [-0.2, -0.15) is 0 Å². The molecule has 1 unspecified atom stereocenters. The summed E-state index contributed by atoms with van der Waals surface area (Å²) in [6.07, 6.45) is 15.0. The van der Waals surface area contributed by atoms with E-state index in [1.54, 1.807) is 0 Å². The standard InChI is InChI=1S/C28H44O3/c1-18(9-10-19(2)27(4,5)31)24-13-14-25-21(8-7-15-28(24,25)6)11-12-22-16-23(29)17-26(30)20(22)3/h9-12,18-19,23-26,29-31H,3,7-8,13-17H2,1-2,4-6H3/b10-9+,21-11+,22-12-/t18-,19+,23-,24-,25+,26?,28-/m1/s1. The Kier molecular flexibility index (Phi) is 7.40. The van der Waals surface area contributed by atoms with E-state index in [1.807, 2.05) is 13.8 Å². The third-order valence-corrected chi connectivity index (χ3v) is 8.75. The molecule has 3 nitrogen and oxygen atoms in total. The summed E-state index contributed by atoms with van der Waals surface area (Å²) in [7, 11) is 0. The predicted octanol–water partition coefficient (Wildman–Crippen LogP) is 5.73. The highest BCUT2D eigenvalue weighted by atomic mass is 16.3. The van der Waals surface area contributed by atoms with Crippen molar-refractivity contribution >= 4 is 0 Å². The molecule has 0 saturated heterocycles. The number of allylic oxidation sites excluding steroid dienone is 4. The smallest absolute Gasteiger partial charge is 0.0811 e. The molecule has 0 heterocycles. The van der Waals surface area contributed by atoms with Crippen LogP contribution in [0.2, 0.25) is 0 Å². The van der Waals surface area contributed by atoms with Gasteiger partial charge in [-0.3, -0.25) is 0 Å². The quantitative estimate of drug-likeness (QED) is 0.490. The predicted molar refractivity (Wildman–Crippen MR) is 128 cm³/mol. The minimum atomic E-state index is -0.684. The van der Waals surface area contributed by atoms with Gasteiger partial charge in [0.05, 0.1) is 17.8 Å². The zero-order valence-electron chi connectivity index (χ0n) is 20.3. The Morgan fingerprint density at radius 3 is 2.52 bits per heavy atom. The lowest BCUT2D eigenvalue weighted by Crippen LogP contribution is -2.35. The van der Waals surface area contributed by atoms with Crippen molar-refractivity contribution in [3.63, 3.8) is 0 Å². The van der Waals surface area contributed by atoms with E-state index in [0.717, 1.165) is 17.6 Å². The van der Waals surface area contributed by atoms with Crippen molar-refractivity contribution in [2.45, 2.75) is 97.4 Å². The molecule has 0 aromatic heterocycles. The first kappa shape index (κ1) is 24.5. The van der Waals surface area contributed by atoms with Gasteiger partial charge < -0.3 is 15.3 Å². The summed E-state index contributed by atoms with van der Waals surface area (Å²) >= 11 is 0. The molecule has 3 aliphatic carbocycles. The third kappa shape index (κ3) is 5.26. The Bertz CT molecular complexity index is 753. The molecule has 0 aliphatic heterocycles. The molecule has 0 radical (unpaired) electrons. The molecule has 3 aliphatic rings. The lowest BCUT2D eigenvalue weighted by atomic mass is 9.61. The third-order valence-electron chi connectivity index (χ3n) is 8.75.